The number of ether oxygens (including phenoxy) is 2. The summed E-state index contributed by atoms with van der Waals surface area (Å²) in [6.07, 6.45) is 0. The lowest BCUT2D eigenvalue weighted by Gasteiger charge is -2.21. The average Bonchev–Trinajstić information content (AvgIpc) is 3.23. The molecule has 0 bridgehead atoms. The van der Waals surface area contributed by atoms with E-state index in [0.29, 0.717) is 41.6 Å². The molecule has 2 aromatic carbocycles. The molecule has 1 heterocycles. The molecule has 6 heteroatoms. The molecule has 29 heavy (non-hydrogen) atoms. The maximum atomic E-state index is 13.2. The van der Waals surface area contributed by atoms with E-state index in [4.69, 9.17) is 9.47 Å². The van der Waals surface area contributed by atoms with Gasteiger partial charge in [0, 0.05) is 12.2 Å². The highest BCUT2D eigenvalue weighted by Gasteiger charge is 2.22. The second kappa shape index (κ2) is 9.89. The Morgan fingerprint density at radius 1 is 0.966 bits per heavy atom. The first-order valence-corrected chi connectivity index (χ1v) is 10.3. The molecule has 5 nitrogen and oxygen atoms in total. The van der Waals surface area contributed by atoms with Crippen LogP contribution in [0.5, 0.6) is 5.75 Å². The highest BCUT2D eigenvalue weighted by atomic mass is 32.1. The largest absolute Gasteiger partial charge is 0.487 e. The molecule has 0 aliphatic rings. The number of carbonyl (C=O) groups excluding carboxylic acids is 2. The van der Waals surface area contributed by atoms with Crippen molar-refractivity contribution in [2.75, 3.05) is 18.1 Å². The summed E-state index contributed by atoms with van der Waals surface area (Å²) in [6.45, 7) is 4.90. The quantitative estimate of drug-likeness (QED) is 0.482. The van der Waals surface area contributed by atoms with Gasteiger partial charge in [0.25, 0.3) is 5.91 Å². The van der Waals surface area contributed by atoms with E-state index >= 15 is 0 Å². The lowest BCUT2D eigenvalue weighted by molar-refractivity contribution is 0.0526. The van der Waals surface area contributed by atoms with Gasteiger partial charge in [-0.1, -0.05) is 30.3 Å². The van der Waals surface area contributed by atoms with Crippen molar-refractivity contribution >= 4 is 28.9 Å². The summed E-state index contributed by atoms with van der Waals surface area (Å²) < 4.78 is 10.9. The Balaban J connectivity index is 1.75. The van der Waals surface area contributed by atoms with Gasteiger partial charge in [-0.3, -0.25) is 4.79 Å². The normalized spacial score (nSPS) is 10.4. The van der Waals surface area contributed by atoms with Crippen molar-refractivity contribution in [1.82, 2.24) is 0 Å². The van der Waals surface area contributed by atoms with Crippen LogP contribution in [0.25, 0.3) is 0 Å². The zero-order chi connectivity index (χ0) is 20.6. The summed E-state index contributed by atoms with van der Waals surface area (Å²) in [5.41, 5.74) is 2.22. The number of carbonyl (C=O) groups is 2. The molecule has 0 N–H and O–H groups in total. The molecule has 1 amide bonds. The Bertz CT molecular complexity index is 951. The summed E-state index contributed by atoms with van der Waals surface area (Å²) in [5.74, 6) is 0.0724. The predicted molar refractivity (Wildman–Crippen MR) is 115 cm³/mol. The van der Waals surface area contributed by atoms with Gasteiger partial charge in [0.15, 0.2) is 0 Å². The molecule has 0 saturated carbocycles. The number of hydrogen-bond acceptors (Lipinski definition) is 5. The minimum atomic E-state index is -0.372. The van der Waals surface area contributed by atoms with Crippen LogP contribution in [-0.2, 0) is 11.3 Å². The third kappa shape index (κ3) is 5.03. The van der Waals surface area contributed by atoms with Gasteiger partial charge in [-0.25, -0.2) is 4.79 Å². The summed E-state index contributed by atoms with van der Waals surface area (Å²) >= 11 is 1.36. The standard InChI is InChI=1S/C23H23NO4S/c1-3-24(19-12-10-18(11-13-19)23(26)27-4-2)22(25)21-20(14-15-29-21)28-16-17-8-6-5-7-9-17/h5-15H,3-4,16H2,1-2H3. The third-order valence-electron chi connectivity index (χ3n) is 4.31. The second-order valence-corrected chi connectivity index (χ2v) is 7.12. The van der Waals surface area contributed by atoms with Crippen molar-refractivity contribution in [1.29, 1.82) is 0 Å². The van der Waals surface area contributed by atoms with Gasteiger partial charge in [0.05, 0.1) is 12.2 Å². The van der Waals surface area contributed by atoms with E-state index in [1.54, 1.807) is 36.1 Å². The number of benzene rings is 2. The Morgan fingerprint density at radius 3 is 2.34 bits per heavy atom. The molecular weight excluding hydrogens is 386 g/mol. The Morgan fingerprint density at radius 2 is 1.69 bits per heavy atom. The van der Waals surface area contributed by atoms with Crippen LogP contribution >= 0.6 is 11.3 Å². The highest BCUT2D eigenvalue weighted by molar-refractivity contribution is 7.12. The fraction of sp³-hybridized carbons (Fsp3) is 0.217. The van der Waals surface area contributed by atoms with Gasteiger partial charge >= 0.3 is 5.97 Å². The molecule has 0 unspecified atom stereocenters. The molecule has 0 fully saturated rings. The number of amides is 1. The smallest absolute Gasteiger partial charge is 0.338 e. The van der Waals surface area contributed by atoms with Crippen LogP contribution in [0.15, 0.2) is 66.0 Å². The van der Waals surface area contributed by atoms with E-state index in [2.05, 4.69) is 0 Å². The van der Waals surface area contributed by atoms with Gasteiger partial charge < -0.3 is 14.4 Å². The molecule has 0 aliphatic carbocycles. The van der Waals surface area contributed by atoms with Crippen LogP contribution in [0.1, 0.15) is 39.4 Å². The number of hydrogen-bond donors (Lipinski definition) is 0. The second-order valence-electron chi connectivity index (χ2n) is 6.21. The molecule has 3 rings (SSSR count). The van der Waals surface area contributed by atoms with Crippen molar-refractivity contribution < 1.29 is 19.1 Å². The minimum absolute atomic E-state index is 0.130. The van der Waals surface area contributed by atoms with Gasteiger partial charge in [0.2, 0.25) is 0 Å². The van der Waals surface area contributed by atoms with Crippen LogP contribution in [0, 0.1) is 0 Å². The Kier molecular flexibility index (Phi) is 7.03. The summed E-state index contributed by atoms with van der Waals surface area (Å²) in [4.78, 5) is 27.2. The molecule has 0 radical (unpaired) electrons. The number of esters is 1. The first kappa shape index (κ1) is 20.6. The summed E-state index contributed by atoms with van der Waals surface area (Å²) in [5, 5.41) is 1.85. The molecule has 0 aliphatic heterocycles. The summed E-state index contributed by atoms with van der Waals surface area (Å²) in [7, 11) is 0. The number of thiophene rings is 1. The maximum absolute atomic E-state index is 13.2. The van der Waals surface area contributed by atoms with E-state index in [0.717, 1.165) is 5.56 Å². The third-order valence-corrected chi connectivity index (χ3v) is 5.20. The maximum Gasteiger partial charge on any atom is 0.338 e. The van der Waals surface area contributed by atoms with Crippen LogP contribution in [0.3, 0.4) is 0 Å². The molecule has 0 atom stereocenters. The Labute approximate surface area is 174 Å². The predicted octanol–water partition coefficient (Wildman–Crippen LogP) is 5.17. The van der Waals surface area contributed by atoms with Crippen LogP contribution < -0.4 is 9.64 Å². The fourth-order valence-corrected chi connectivity index (χ4v) is 3.64. The highest BCUT2D eigenvalue weighted by Crippen LogP contribution is 2.29. The first-order chi connectivity index (χ1) is 14.1. The van der Waals surface area contributed by atoms with Crippen LogP contribution in [-0.4, -0.2) is 25.0 Å². The topological polar surface area (TPSA) is 55.8 Å². The van der Waals surface area contributed by atoms with E-state index in [1.165, 1.54) is 11.3 Å². The number of rotatable bonds is 8. The van der Waals surface area contributed by atoms with Gasteiger partial charge in [-0.2, -0.15) is 0 Å². The van der Waals surface area contributed by atoms with Gasteiger partial charge in [0.1, 0.15) is 17.2 Å². The van der Waals surface area contributed by atoms with Crippen molar-refractivity contribution in [3.63, 3.8) is 0 Å². The molecule has 0 spiro atoms. The van der Waals surface area contributed by atoms with E-state index in [9.17, 15) is 9.59 Å². The van der Waals surface area contributed by atoms with Crippen LogP contribution in [0.4, 0.5) is 5.69 Å². The van der Waals surface area contributed by atoms with Crippen LogP contribution in [0.2, 0.25) is 0 Å². The number of anilines is 1. The monoisotopic (exact) mass is 409 g/mol. The van der Waals surface area contributed by atoms with E-state index in [1.807, 2.05) is 48.7 Å². The number of nitrogens with zero attached hydrogens (tertiary/aromatic N) is 1. The minimum Gasteiger partial charge on any atom is -0.487 e. The molecule has 3 aromatic rings. The van der Waals surface area contributed by atoms with Crippen molar-refractivity contribution in [3.05, 3.63) is 82.0 Å². The van der Waals surface area contributed by atoms with E-state index in [-0.39, 0.29) is 11.9 Å². The molecular formula is C23H23NO4S. The first-order valence-electron chi connectivity index (χ1n) is 9.47. The van der Waals surface area contributed by atoms with Gasteiger partial charge in [-0.15, -0.1) is 11.3 Å². The van der Waals surface area contributed by atoms with Crippen molar-refractivity contribution in [2.45, 2.75) is 20.5 Å². The summed E-state index contributed by atoms with van der Waals surface area (Å²) in [6, 6.07) is 18.5. The average molecular weight is 410 g/mol. The molecule has 0 saturated heterocycles. The van der Waals surface area contributed by atoms with Crippen molar-refractivity contribution in [2.24, 2.45) is 0 Å². The van der Waals surface area contributed by atoms with Gasteiger partial charge in [-0.05, 0) is 55.1 Å². The van der Waals surface area contributed by atoms with Crippen molar-refractivity contribution in [3.8, 4) is 5.75 Å². The SMILES string of the molecule is CCOC(=O)c1ccc(N(CC)C(=O)c2sccc2OCc2ccccc2)cc1. The van der Waals surface area contributed by atoms with E-state index < -0.39 is 0 Å². The molecule has 150 valence electrons. The Hall–Kier alpha value is -3.12. The lowest BCUT2D eigenvalue weighted by Crippen LogP contribution is -2.30. The lowest BCUT2D eigenvalue weighted by atomic mass is 10.2. The fourth-order valence-electron chi connectivity index (χ4n) is 2.86. The molecule has 1 aromatic heterocycles. The zero-order valence-corrected chi connectivity index (χ0v) is 17.3. The zero-order valence-electron chi connectivity index (χ0n) is 16.5.